The molecule has 0 saturated carbocycles. The molecule has 0 aliphatic heterocycles. The van der Waals surface area contributed by atoms with Gasteiger partial charge >= 0.3 is 5.97 Å². The molecule has 1 heterocycles. The Labute approximate surface area is 117 Å². The van der Waals surface area contributed by atoms with Crippen molar-refractivity contribution in [3.63, 3.8) is 0 Å². The van der Waals surface area contributed by atoms with Crippen LogP contribution in [-0.2, 0) is 4.79 Å². The number of carboxylic acid groups (broad SMARTS) is 1. The monoisotopic (exact) mass is 325 g/mol. The number of aromatic nitrogens is 2. The molecule has 19 heavy (non-hydrogen) atoms. The van der Waals surface area contributed by atoms with Crippen molar-refractivity contribution in [2.45, 2.75) is 6.42 Å². The number of rotatable bonds is 4. The van der Waals surface area contributed by atoms with Gasteiger partial charge in [-0.3, -0.25) is 14.7 Å². The number of hydrogen-bond acceptors (Lipinski definition) is 3. The van der Waals surface area contributed by atoms with Crippen molar-refractivity contribution >= 4 is 38.7 Å². The van der Waals surface area contributed by atoms with Gasteiger partial charge in [0.1, 0.15) is 0 Å². The zero-order chi connectivity index (χ0) is 14.0. The molecule has 0 aliphatic rings. The van der Waals surface area contributed by atoms with Crippen LogP contribution in [0.5, 0.6) is 0 Å². The summed E-state index contributed by atoms with van der Waals surface area (Å²) in [6.45, 7) is 0.149. The van der Waals surface area contributed by atoms with Crippen LogP contribution in [0.4, 0.5) is 0 Å². The van der Waals surface area contributed by atoms with Crippen LogP contribution in [0, 0.1) is 0 Å². The number of benzene rings is 1. The molecule has 0 spiro atoms. The molecule has 0 radical (unpaired) electrons. The number of nitrogens with zero attached hydrogens (tertiary/aromatic N) is 2. The van der Waals surface area contributed by atoms with Gasteiger partial charge in [-0.2, -0.15) is 5.10 Å². The van der Waals surface area contributed by atoms with E-state index in [9.17, 15) is 9.59 Å². The number of carbonyl (C=O) groups is 2. The van der Waals surface area contributed by atoms with Gasteiger partial charge in [0.05, 0.1) is 11.9 Å². The van der Waals surface area contributed by atoms with Gasteiger partial charge in [-0.05, 0) is 18.2 Å². The zero-order valence-electron chi connectivity index (χ0n) is 10.2. The SMILES string of the molecule is CN(CCC(=O)O)C(=O)c1n[nH]c2ccc(Br)cc12. The second-order valence-electron chi connectivity index (χ2n) is 4.13. The number of halogens is 1. The average Bonchev–Trinajstić information content (AvgIpc) is 2.77. The highest BCUT2D eigenvalue weighted by molar-refractivity contribution is 9.10. The summed E-state index contributed by atoms with van der Waals surface area (Å²) in [4.78, 5) is 24.0. The van der Waals surface area contributed by atoms with E-state index in [1.165, 1.54) is 4.90 Å². The van der Waals surface area contributed by atoms with Crippen molar-refractivity contribution in [3.05, 3.63) is 28.4 Å². The van der Waals surface area contributed by atoms with E-state index < -0.39 is 5.97 Å². The lowest BCUT2D eigenvalue weighted by molar-refractivity contribution is -0.137. The van der Waals surface area contributed by atoms with Gasteiger partial charge in [0, 0.05) is 23.5 Å². The Bertz CT molecular complexity index is 638. The van der Waals surface area contributed by atoms with Gasteiger partial charge in [0.2, 0.25) is 0 Å². The fourth-order valence-electron chi connectivity index (χ4n) is 1.69. The first-order chi connectivity index (χ1) is 8.99. The quantitative estimate of drug-likeness (QED) is 0.898. The predicted octanol–water partition coefficient (Wildman–Crippen LogP) is 1.87. The smallest absolute Gasteiger partial charge is 0.305 e. The van der Waals surface area contributed by atoms with E-state index in [-0.39, 0.29) is 18.9 Å². The molecule has 1 aromatic carbocycles. The molecule has 7 heteroatoms. The third kappa shape index (κ3) is 2.93. The minimum absolute atomic E-state index is 0.0890. The minimum atomic E-state index is -0.936. The first-order valence-corrected chi connectivity index (χ1v) is 6.39. The van der Waals surface area contributed by atoms with Crippen LogP contribution >= 0.6 is 15.9 Å². The van der Waals surface area contributed by atoms with Crippen LogP contribution in [0.25, 0.3) is 10.9 Å². The molecule has 2 N–H and O–H groups in total. The van der Waals surface area contributed by atoms with Crippen LogP contribution in [0.2, 0.25) is 0 Å². The lowest BCUT2D eigenvalue weighted by Crippen LogP contribution is -2.29. The highest BCUT2D eigenvalue weighted by Gasteiger charge is 2.18. The molecule has 2 aromatic rings. The van der Waals surface area contributed by atoms with E-state index in [0.717, 1.165) is 9.99 Å². The molecule has 6 nitrogen and oxygen atoms in total. The summed E-state index contributed by atoms with van der Waals surface area (Å²) in [5, 5.41) is 16.1. The number of nitrogens with one attached hydrogen (secondary N) is 1. The van der Waals surface area contributed by atoms with Crippen molar-refractivity contribution < 1.29 is 14.7 Å². The summed E-state index contributed by atoms with van der Waals surface area (Å²) >= 11 is 3.34. The Balaban J connectivity index is 2.26. The third-order valence-corrected chi connectivity index (χ3v) is 3.23. The summed E-state index contributed by atoms with van der Waals surface area (Å²) in [5.74, 6) is -1.24. The van der Waals surface area contributed by atoms with E-state index in [4.69, 9.17) is 5.11 Å². The average molecular weight is 326 g/mol. The van der Waals surface area contributed by atoms with E-state index in [2.05, 4.69) is 26.1 Å². The van der Waals surface area contributed by atoms with Crippen molar-refractivity contribution in [3.8, 4) is 0 Å². The highest BCUT2D eigenvalue weighted by Crippen LogP contribution is 2.21. The largest absolute Gasteiger partial charge is 0.481 e. The Morgan fingerprint density at radius 2 is 2.21 bits per heavy atom. The first kappa shape index (κ1) is 13.5. The van der Waals surface area contributed by atoms with Crippen LogP contribution < -0.4 is 0 Å². The molecule has 0 aliphatic carbocycles. The zero-order valence-corrected chi connectivity index (χ0v) is 11.8. The lowest BCUT2D eigenvalue weighted by atomic mass is 10.2. The summed E-state index contributed by atoms with van der Waals surface area (Å²) in [7, 11) is 1.56. The molecule has 1 amide bonds. The fourth-order valence-corrected chi connectivity index (χ4v) is 2.06. The van der Waals surface area contributed by atoms with Crippen molar-refractivity contribution in [1.29, 1.82) is 0 Å². The van der Waals surface area contributed by atoms with E-state index in [1.807, 2.05) is 12.1 Å². The first-order valence-electron chi connectivity index (χ1n) is 5.60. The third-order valence-electron chi connectivity index (χ3n) is 2.74. The molecular weight excluding hydrogens is 314 g/mol. The lowest BCUT2D eigenvalue weighted by Gasteiger charge is -2.14. The Kier molecular flexibility index (Phi) is 3.84. The standard InChI is InChI=1S/C12H12BrN3O3/c1-16(5-4-10(17)18)12(19)11-8-6-7(13)2-3-9(8)14-15-11/h2-3,6H,4-5H2,1H3,(H,14,15)(H,17,18). The number of aliphatic carboxylic acids is 1. The molecule has 2 rings (SSSR count). The number of carboxylic acids is 1. The van der Waals surface area contributed by atoms with Crippen LogP contribution in [0.3, 0.4) is 0 Å². The van der Waals surface area contributed by atoms with Crippen LogP contribution in [-0.4, -0.2) is 45.7 Å². The summed E-state index contributed by atoms with van der Waals surface area (Å²) < 4.78 is 0.851. The maximum atomic E-state index is 12.2. The van der Waals surface area contributed by atoms with Gasteiger partial charge in [0.25, 0.3) is 5.91 Å². The maximum absolute atomic E-state index is 12.2. The second kappa shape index (κ2) is 5.40. The molecule has 0 fully saturated rings. The Hall–Kier alpha value is -1.89. The molecular formula is C12H12BrN3O3. The van der Waals surface area contributed by atoms with Gasteiger partial charge < -0.3 is 10.0 Å². The summed E-state index contributed by atoms with van der Waals surface area (Å²) in [5.41, 5.74) is 1.06. The molecule has 0 unspecified atom stereocenters. The van der Waals surface area contributed by atoms with Gasteiger partial charge in [-0.25, -0.2) is 0 Å². The molecule has 100 valence electrons. The predicted molar refractivity (Wildman–Crippen MR) is 73.0 cm³/mol. The summed E-state index contributed by atoms with van der Waals surface area (Å²) in [6, 6.07) is 5.47. The fraction of sp³-hybridized carbons (Fsp3) is 0.250. The molecule has 0 bridgehead atoms. The van der Waals surface area contributed by atoms with Crippen LogP contribution in [0.15, 0.2) is 22.7 Å². The summed E-state index contributed by atoms with van der Waals surface area (Å²) in [6.07, 6.45) is -0.0890. The van der Waals surface area contributed by atoms with E-state index in [1.54, 1.807) is 13.1 Å². The highest BCUT2D eigenvalue weighted by atomic mass is 79.9. The van der Waals surface area contributed by atoms with Crippen molar-refractivity contribution in [1.82, 2.24) is 15.1 Å². The van der Waals surface area contributed by atoms with Gasteiger partial charge in [0.15, 0.2) is 5.69 Å². The number of hydrogen-bond donors (Lipinski definition) is 2. The minimum Gasteiger partial charge on any atom is -0.481 e. The van der Waals surface area contributed by atoms with E-state index in [0.29, 0.717) is 11.1 Å². The number of aromatic amines is 1. The number of amides is 1. The van der Waals surface area contributed by atoms with Crippen molar-refractivity contribution in [2.75, 3.05) is 13.6 Å². The second-order valence-corrected chi connectivity index (χ2v) is 5.05. The van der Waals surface area contributed by atoms with Gasteiger partial charge in [-0.15, -0.1) is 0 Å². The number of fused-ring (bicyclic) bond motifs is 1. The normalized spacial score (nSPS) is 10.6. The van der Waals surface area contributed by atoms with E-state index >= 15 is 0 Å². The molecule has 0 saturated heterocycles. The van der Waals surface area contributed by atoms with Crippen LogP contribution in [0.1, 0.15) is 16.9 Å². The van der Waals surface area contributed by atoms with Crippen molar-refractivity contribution in [2.24, 2.45) is 0 Å². The van der Waals surface area contributed by atoms with Gasteiger partial charge in [-0.1, -0.05) is 15.9 Å². The molecule has 0 atom stereocenters. The Morgan fingerprint density at radius 1 is 1.47 bits per heavy atom. The molecule has 1 aromatic heterocycles. The topological polar surface area (TPSA) is 86.3 Å². The maximum Gasteiger partial charge on any atom is 0.305 e. The number of H-pyrrole nitrogens is 1. The number of carbonyl (C=O) groups excluding carboxylic acids is 1. The Morgan fingerprint density at radius 3 is 2.89 bits per heavy atom.